The first-order valence-corrected chi connectivity index (χ1v) is 3.37. The van der Waals surface area contributed by atoms with Crippen molar-refractivity contribution in [1.29, 1.82) is 0 Å². The van der Waals surface area contributed by atoms with Crippen molar-refractivity contribution in [3.63, 3.8) is 0 Å². The molecule has 0 heterocycles. The molecule has 0 spiro atoms. The number of hydrogen-bond acceptors (Lipinski definition) is 0. The lowest BCUT2D eigenvalue weighted by molar-refractivity contribution is 0.495. The molecule has 0 bridgehead atoms. The zero-order valence-corrected chi connectivity index (χ0v) is 6.36. The quantitative estimate of drug-likeness (QED) is 0.462. The van der Waals surface area contributed by atoms with Gasteiger partial charge in [0.2, 0.25) is 0 Å². The Kier molecular flexibility index (Phi) is 1.48. The predicted molar refractivity (Wildman–Crippen MR) is 40.0 cm³/mol. The van der Waals surface area contributed by atoms with Crippen LogP contribution in [0.1, 0.15) is 27.2 Å². The van der Waals surface area contributed by atoms with E-state index in [1.807, 2.05) is 6.08 Å². The highest BCUT2D eigenvalue weighted by molar-refractivity contribution is 5.24. The van der Waals surface area contributed by atoms with Gasteiger partial charge in [0, 0.05) is 0 Å². The van der Waals surface area contributed by atoms with Gasteiger partial charge < -0.3 is 0 Å². The second-order valence-electron chi connectivity index (χ2n) is 3.49. The lowest BCUT2D eigenvalue weighted by Gasteiger charge is -2.19. The first-order chi connectivity index (χ1) is 4.11. The van der Waals surface area contributed by atoms with Crippen LogP contribution in [0.15, 0.2) is 17.7 Å². The molecule has 0 unspecified atom stereocenters. The van der Waals surface area contributed by atoms with Crippen LogP contribution in [0.5, 0.6) is 0 Å². The number of rotatable bonds is 0. The molecule has 0 N–H and O–H groups in total. The van der Waals surface area contributed by atoms with E-state index in [1.165, 1.54) is 5.57 Å². The fourth-order valence-electron chi connectivity index (χ4n) is 0.902. The zero-order chi connectivity index (χ0) is 6.91. The standard InChI is InChI=1S/C9H13/c1-9(2,3)8-6-4-5-7-8/h4,6H,7H2,1-3H3. The first kappa shape index (κ1) is 6.60. The summed E-state index contributed by atoms with van der Waals surface area (Å²) in [4.78, 5) is 0. The first-order valence-electron chi connectivity index (χ1n) is 3.37. The van der Waals surface area contributed by atoms with Crippen LogP contribution < -0.4 is 0 Å². The van der Waals surface area contributed by atoms with Crippen LogP contribution in [0, 0.1) is 11.5 Å². The molecule has 0 aliphatic heterocycles. The van der Waals surface area contributed by atoms with E-state index in [4.69, 9.17) is 0 Å². The Morgan fingerprint density at radius 3 is 2.33 bits per heavy atom. The maximum absolute atomic E-state index is 3.16. The molecule has 0 fully saturated rings. The van der Waals surface area contributed by atoms with Gasteiger partial charge in [-0.3, -0.25) is 0 Å². The minimum atomic E-state index is 0.347. The van der Waals surface area contributed by atoms with E-state index >= 15 is 0 Å². The molecule has 0 heteroatoms. The van der Waals surface area contributed by atoms with Crippen molar-refractivity contribution in [3.05, 3.63) is 23.8 Å². The van der Waals surface area contributed by atoms with Crippen LogP contribution >= 0.6 is 0 Å². The summed E-state index contributed by atoms with van der Waals surface area (Å²) in [5.41, 5.74) is 1.84. The summed E-state index contributed by atoms with van der Waals surface area (Å²) in [5, 5.41) is 0. The van der Waals surface area contributed by atoms with Gasteiger partial charge in [0.05, 0.1) is 0 Å². The SMILES string of the molecule is CC(C)(C)C1=CC=[C]C1. The fourth-order valence-corrected chi connectivity index (χ4v) is 0.902. The van der Waals surface area contributed by atoms with Crippen molar-refractivity contribution < 1.29 is 0 Å². The summed E-state index contributed by atoms with van der Waals surface area (Å²) in [6, 6.07) is 0. The summed E-state index contributed by atoms with van der Waals surface area (Å²) < 4.78 is 0. The van der Waals surface area contributed by atoms with Crippen molar-refractivity contribution in [2.45, 2.75) is 27.2 Å². The van der Waals surface area contributed by atoms with Gasteiger partial charge in [0.1, 0.15) is 0 Å². The van der Waals surface area contributed by atoms with Crippen molar-refractivity contribution in [2.75, 3.05) is 0 Å². The highest BCUT2D eigenvalue weighted by atomic mass is 14.2. The van der Waals surface area contributed by atoms with E-state index in [0.717, 1.165) is 6.42 Å². The van der Waals surface area contributed by atoms with Gasteiger partial charge >= 0.3 is 0 Å². The summed E-state index contributed by atoms with van der Waals surface area (Å²) in [5.74, 6) is 0. The Hall–Kier alpha value is -0.520. The van der Waals surface area contributed by atoms with E-state index in [9.17, 15) is 0 Å². The molecule has 0 aromatic heterocycles. The lowest BCUT2D eigenvalue weighted by Crippen LogP contribution is -2.06. The lowest BCUT2D eigenvalue weighted by atomic mass is 9.86. The van der Waals surface area contributed by atoms with Gasteiger partial charge in [-0.15, -0.1) is 0 Å². The second kappa shape index (κ2) is 2.02. The Morgan fingerprint density at radius 1 is 1.44 bits per heavy atom. The summed E-state index contributed by atoms with van der Waals surface area (Å²) in [7, 11) is 0. The van der Waals surface area contributed by atoms with Gasteiger partial charge in [0.15, 0.2) is 0 Å². The van der Waals surface area contributed by atoms with Crippen molar-refractivity contribution in [3.8, 4) is 0 Å². The van der Waals surface area contributed by atoms with Crippen molar-refractivity contribution in [1.82, 2.24) is 0 Å². The average molecular weight is 121 g/mol. The molecule has 0 aromatic rings. The molecule has 9 heavy (non-hydrogen) atoms. The molecular weight excluding hydrogens is 108 g/mol. The molecule has 0 nitrogen and oxygen atoms in total. The van der Waals surface area contributed by atoms with Gasteiger partial charge in [-0.2, -0.15) is 0 Å². The third-order valence-corrected chi connectivity index (χ3v) is 1.66. The van der Waals surface area contributed by atoms with E-state index in [-0.39, 0.29) is 0 Å². The van der Waals surface area contributed by atoms with Gasteiger partial charge in [-0.1, -0.05) is 38.5 Å². The summed E-state index contributed by atoms with van der Waals surface area (Å²) in [6.07, 6.45) is 8.37. The van der Waals surface area contributed by atoms with Crippen LogP contribution in [0.2, 0.25) is 0 Å². The Bertz CT molecular complexity index is 153. The fraction of sp³-hybridized carbons (Fsp3) is 0.556. The average Bonchev–Trinajstić information content (AvgIpc) is 2.08. The molecule has 1 aliphatic rings. The minimum Gasteiger partial charge on any atom is -0.0619 e. The molecular formula is C9H13. The second-order valence-corrected chi connectivity index (χ2v) is 3.49. The van der Waals surface area contributed by atoms with Gasteiger partial charge in [-0.25, -0.2) is 0 Å². The predicted octanol–water partition coefficient (Wildman–Crippen LogP) is 2.72. The zero-order valence-electron chi connectivity index (χ0n) is 6.36. The molecule has 49 valence electrons. The Morgan fingerprint density at radius 2 is 2.11 bits per heavy atom. The molecule has 1 aliphatic carbocycles. The van der Waals surface area contributed by atoms with Crippen molar-refractivity contribution >= 4 is 0 Å². The molecule has 0 saturated carbocycles. The van der Waals surface area contributed by atoms with Crippen LogP contribution in [-0.4, -0.2) is 0 Å². The molecule has 1 rings (SSSR count). The number of allylic oxidation sites excluding steroid dienone is 4. The third-order valence-electron chi connectivity index (χ3n) is 1.66. The molecule has 0 aromatic carbocycles. The third kappa shape index (κ3) is 1.44. The van der Waals surface area contributed by atoms with E-state index in [0.29, 0.717) is 5.41 Å². The van der Waals surface area contributed by atoms with Crippen LogP contribution in [-0.2, 0) is 0 Å². The maximum Gasteiger partial charge on any atom is -0.00559 e. The molecule has 0 saturated heterocycles. The van der Waals surface area contributed by atoms with Gasteiger partial charge in [0.25, 0.3) is 0 Å². The highest BCUT2D eigenvalue weighted by Gasteiger charge is 2.16. The van der Waals surface area contributed by atoms with Gasteiger partial charge in [-0.05, 0) is 17.9 Å². The monoisotopic (exact) mass is 121 g/mol. The highest BCUT2D eigenvalue weighted by Crippen LogP contribution is 2.30. The number of hydrogen-bond donors (Lipinski definition) is 0. The summed E-state index contributed by atoms with van der Waals surface area (Å²) in [6.45, 7) is 6.71. The smallest absolute Gasteiger partial charge is 0.00559 e. The Balaban J connectivity index is 2.66. The Labute approximate surface area is 57.3 Å². The molecule has 0 amide bonds. The summed E-state index contributed by atoms with van der Waals surface area (Å²) >= 11 is 0. The molecule has 0 atom stereocenters. The largest absolute Gasteiger partial charge is 0.0619 e. The van der Waals surface area contributed by atoms with E-state index in [1.54, 1.807) is 0 Å². The minimum absolute atomic E-state index is 0.347. The van der Waals surface area contributed by atoms with Crippen LogP contribution in [0.25, 0.3) is 0 Å². The van der Waals surface area contributed by atoms with Crippen LogP contribution in [0.3, 0.4) is 0 Å². The maximum atomic E-state index is 3.16. The van der Waals surface area contributed by atoms with Crippen molar-refractivity contribution in [2.24, 2.45) is 5.41 Å². The van der Waals surface area contributed by atoms with E-state index < -0.39 is 0 Å². The topological polar surface area (TPSA) is 0 Å². The van der Waals surface area contributed by atoms with E-state index in [2.05, 4.69) is 32.9 Å². The normalized spacial score (nSPS) is 18.3. The molecule has 1 radical (unpaired) electrons. The van der Waals surface area contributed by atoms with Crippen LogP contribution in [0.4, 0.5) is 0 Å².